The molecule has 0 aromatic carbocycles. The molecule has 0 saturated heterocycles. The van der Waals surface area contributed by atoms with Crippen LogP contribution in [-0.2, 0) is 10.8 Å². The zero-order chi connectivity index (χ0) is 14.3. The molecule has 2 N–H and O–H groups in total. The smallest absolute Gasteiger partial charge is 0.353 e. The van der Waals surface area contributed by atoms with Crippen molar-refractivity contribution in [2.75, 3.05) is 35.7 Å². The quantitative estimate of drug-likeness (QED) is 0.417. The van der Waals surface area contributed by atoms with Crippen LogP contribution in [-0.4, -0.2) is 44.2 Å². The molecule has 0 radical (unpaired) electrons. The Morgan fingerprint density at radius 1 is 1.37 bits per heavy atom. The van der Waals surface area contributed by atoms with Gasteiger partial charge in [0.05, 0.1) is 4.92 Å². The third kappa shape index (κ3) is 4.78. The molecule has 0 saturated carbocycles. The van der Waals surface area contributed by atoms with E-state index in [9.17, 15) is 14.3 Å². The van der Waals surface area contributed by atoms with Gasteiger partial charge in [0.1, 0.15) is 6.33 Å². The van der Waals surface area contributed by atoms with Crippen LogP contribution in [0.4, 0.5) is 17.3 Å². The lowest BCUT2D eigenvalue weighted by Crippen LogP contribution is -2.11. The van der Waals surface area contributed by atoms with Crippen molar-refractivity contribution in [2.24, 2.45) is 0 Å². The zero-order valence-electron chi connectivity index (χ0n) is 10.9. The Balaban J connectivity index is 2.78. The largest absolute Gasteiger partial charge is 0.364 e. The zero-order valence-corrected chi connectivity index (χ0v) is 11.7. The van der Waals surface area contributed by atoms with Crippen LogP contribution in [0.2, 0.25) is 0 Å². The fraction of sp³-hybridized carbons (Fsp3) is 0.600. The molecule has 8 nitrogen and oxygen atoms in total. The fourth-order valence-corrected chi connectivity index (χ4v) is 2.01. The van der Waals surface area contributed by atoms with Gasteiger partial charge in [-0.25, -0.2) is 9.97 Å². The molecular formula is C10H17N5O3S. The first-order valence-corrected chi connectivity index (χ1v) is 7.56. The van der Waals surface area contributed by atoms with Crippen LogP contribution in [0.3, 0.4) is 0 Å². The van der Waals surface area contributed by atoms with E-state index in [4.69, 9.17) is 0 Å². The van der Waals surface area contributed by atoms with Crippen molar-refractivity contribution >= 4 is 28.1 Å². The van der Waals surface area contributed by atoms with E-state index in [-0.39, 0.29) is 17.3 Å². The van der Waals surface area contributed by atoms with Gasteiger partial charge in [-0.1, -0.05) is 0 Å². The minimum atomic E-state index is -0.864. The van der Waals surface area contributed by atoms with Gasteiger partial charge in [-0.3, -0.25) is 14.3 Å². The summed E-state index contributed by atoms with van der Waals surface area (Å²) in [4.78, 5) is 18.3. The summed E-state index contributed by atoms with van der Waals surface area (Å²) in [5.74, 6) is 0.924. The summed E-state index contributed by atoms with van der Waals surface area (Å²) in [6.07, 6.45) is 3.54. The molecule has 0 aliphatic carbocycles. The molecule has 1 heterocycles. The third-order valence-electron chi connectivity index (χ3n) is 2.25. The summed E-state index contributed by atoms with van der Waals surface area (Å²) in [5, 5.41) is 16.8. The Morgan fingerprint density at radius 2 is 2.00 bits per heavy atom. The van der Waals surface area contributed by atoms with Gasteiger partial charge in [-0.05, 0) is 13.3 Å². The Morgan fingerprint density at radius 3 is 2.53 bits per heavy atom. The number of anilines is 2. The van der Waals surface area contributed by atoms with Gasteiger partial charge in [0.15, 0.2) is 0 Å². The van der Waals surface area contributed by atoms with Crippen LogP contribution in [0.1, 0.15) is 13.3 Å². The van der Waals surface area contributed by atoms with E-state index in [2.05, 4.69) is 20.6 Å². The van der Waals surface area contributed by atoms with Crippen molar-refractivity contribution in [1.82, 2.24) is 9.97 Å². The molecule has 1 aromatic heterocycles. The molecule has 0 fully saturated rings. The minimum Gasteiger partial charge on any atom is -0.364 e. The average Bonchev–Trinajstić information content (AvgIpc) is 2.34. The van der Waals surface area contributed by atoms with E-state index in [1.54, 1.807) is 6.26 Å². The summed E-state index contributed by atoms with van der Waals surface area (Å²) >= 11 is 0. The molecule has 106 valence electrons. The highest BCUT2D eigenvalue weighted by atomic mass is 32.2. The van der Waals surface area contributed by atoms with Gasteiger partial charge in [0.25, 0.3) is 0 Å². The molecule has 0 spiro atoms. The third-order valence-corrected chi connectivity index (χ3v) is 3.11. The number of nitrogens with one attached hydrogen (secondary N) is 2. The van der Waals surface area contributed by atoms with Gasteiger partial charge < -0.3 is 10.6 Å². The van der Waals surface area contributed by atoms with E-state index in [1.165, 1.54) is 6.33 Å². The number of nitro groups is 1. The molecule has 0 aliphatic rings. The second-order valence-corrected chi connectivity index (χ2v) is 5.32. The van der Waals surface area contributed by atoms with Gasteiger partial charge >= 0.3 is 5.69 Å². The molecular weight excluding hydrogens is 270 g/mol. The normalized spacial score (nSPS) is 11.9. The van der Waals surface area contributed by atoms with Crippen LogP contribution >= 0.6 is 0 Å². The number of nitrogens with zero attached hydrogens (tertiary/aromatic N) is 3. The highest BCUT2D eigenvalue weighted by Crippen LogP contribution is 2.28. The number of aromatic nitrogens is 2. The van der Waals surface area contributed by atoms with E-state index in [0.29, 0.717) is 25.3 Å². The number of hydrogen-bond donors (Lipinski definition) is 2. The van der Waals surface area contributed by atoms with E-state index in [1.807, 2.05) is 6.92 Å². The minimum absolute atomic E-state index is 0.165. The first-order chi connectivity index (χ1) is 9.06. The van der Waals surface area contributed by atoms with Crippen LogP contribution in [0.15, 0.2) is 6.33 Å². The molecule has 1 rings (SSSR count). The van der Waals surface area contributed by atoms with Crippen molar-refractivity contribution in [2.45, 2.75) is 13.3 Å². The second-order valence-electron chi connectivity index (χ2n) is 3.76. The van der Waals surface area contributed by atoms with Crippen molar-refractivity contribution in [3.05, 3.63) is 16.4 Å². The summed E-state index contributed by atoms with van der Waals surface area (Å²) < 4.78 is 10.9. The van der Waals surface area contributed by atoms with Crippen molar-refractivity contribution in [3.8, 4) is 0 Å². The maximum atomic E-state index is 11.1. The van der Waals surface area contributed by atoms with Crippen LogP contribution in [0.25, 0.3) is 0 Å². The van der Waals surface area contributed by atoms with Crippen molar-refractivity contribution in [3.63, 3.8) is 0 Å². The Bertz CT molecular complexity index is 468. The Hall–Kier alpha value is -1.77. The fourth-order valence-electron chi connectivity index (χ4n) is 1.46. The molecule has 9 heteroatoms. The SMILES string of the molecule is CCNc1ncnc(NCCCS(C)=O)c1[N+](=O)[O-]. The van der Waals surface area contributed by atoms with Crippen molar-refractivity contribution in [1.29, 1.82) is 0 Å². The summed E-state index contributed by atoms with van der Waals surface area (Å²) in [7, 11) is -0.864. The molecule has 1 atom stereocenters. The Kier molecular flexibility index (Phi) is 6.13. The van der Waals surface area contributed by atoms with Crippen molar-refractivity contribution < 1.29 is 9.13 Å². The molecule has 1 unspecified atom stereocenters. The molecule has 0 bridgehead atoms. The van der Waals surface area contributed by atoms with Crippen LogP contribution in [0, 0.1) is 10.1 Å². The highest BCUT2D eigenvalue weighted by molar-refractivity contribution is 7.84. The molecule has 19 heavy (non-hydrogen) atoms. The summed E-state index contributed by atoms with van der Waals surface area (Å²) in [6.45, 7) is 2.84. The first-order valence-electron chi connectivity index (χ1n) is 5.83. The summed E-state index contributed by atoms with van der Waals surface area (Å²) in [6, 6.07) is 0. The lowest BCUT2D eigenvalue weighted by atomic mass is 10.4. The molecule has 1 aromatic rings. The van der Waals surface area contributed by atoms with E-state index in [0.717, 1.165) is 0 Å². The molecule has 0 amide bonds. The lowest BCUT2D eigenvalue weighted by molar-refractivity contribution is -0.383. The highest BCUT2D eigenvalue weighted by Gasteiger charge is 2.21. The van der Waals surface area contributed by atoms with Gasteiger partial charge in [-0.15, -0.1) is 0 Å². The predicted molar refractivity (Wildman–Crippen MR) is 74.9 cm³/mol. The van der Waals surface area contributed by atoms with Gasteiger partial charge in [-0.2, -0.15) is 0 Å². The second kappa shape index (κ2) is 7.62. The first kappa shape index (κ1) is 15.3. The monoisotopic (exact) mass is 287 g/mol. The predicted octanol–water partition coefficient (Wildman–Crippen LogP) is 0.997. The maximum Gasteiger partial charge on any atom is 0.353 e. The van der Waals surface area contributed by atoms with E-state index >= 15 is 0 Å². The number of rotatable bonds is 8. The van der Waals surface area contributed by atoms with Crippen LogP contribution in [0.5, 0.6) is 0 Å². The number of hydrogen-bond acceptors (Lipinski definition) is 7. The van der Waals surface area contributed by atoms with Crippen LogP contribution < -0.4 is 10.6 Å². The van der Waals surface area contributed by atoms with Gasteiger partial charge in [0, 0.05) is 35.9 Å². The average molecular weight is 287 g/mol. The Labute approximate surface area is 113 Å². The maximum absolute atomic E-state index is 11.1. The van der Waals surface area contributed by atoms with Gasteiger partial charge in [0.2, 0.25) is 11.6 Å². The van der Waals surface area contributed by atoms with E-state index < -0.39 is 15.7 Å². The topological polar surface area (TPSA) is 110 Å². The molecule has 0 aliphatic heterocycles. The standard InChI is InChI=1S/C10H17N5O3S/c1-3-11-9-8(15(16)17)10(14-7-13-9)12-5-4-6-19(2)18/h7H,3-6H2,1-2H3,(H2,11,12,13,14). The lowest BCUT2D eigenvalue weighted by Gasteiger charge is -2.08. The summed E-state index contributed by atoms with van der Waals surface area (Å²) in [5.41, 5.74) is -0.165.